The smallest absolute Gasteiger partial charge is 0.408 e. The fourth-order valence-corrected chi connectivity index (χ4v) is 4.47. The number of H-pyrrole nitrogens is 1. The van der Waals surface area contributed by atoms with Crippen molar-refractivity contribution in [3.8, 4) is 0 Å². The molecule has 0 aliphatic carbocycles. The lowest BCUT2D eigenvalue weighted by Crippen LogP contribution is -2.36. The highest BCUT2D eigenvalue weighted by molar-refractivity contribution is 7.99. The van der Waals surface area contributed by atoms with Gasteiger partial charge in [0, 0.05) is 29.2 Å². The normalized spacial score (nSPS) is 12.4. The third kappa shape index (κ3) is 6.91. The predicted molar refractivity (Wildman–Crippen MR) is 144 cm³/mol. The van der Waals surface area contributed by atoms with E-state index in [0.717, 1.165) is 45.0 Å². The number of nitrogens with one attached hydrogen (secondary N) is 3. The molecular weight excluding hydrogens is 490 g/mol. The molecule has 37 heavy (non-hydrogen) atoms. The number of aromatic amines is 1. The summed E-state index contributed by atoms with van der Waals surface area (Å²) in [5.74, 6) is 0.153. The van der Waals surface area contributed by atoms with Crippen LogP contribution in [0.2, 0.25) is 0 Å². The molecule has 3 N–H and O–H groups in total. The first-order chi connectivity index (χ1) is 17.6. The highest BCUT2D eigenvalue weighted by atomic mass is 32.2. The lowest BCUT2D eigenvalue weighted by atomic mass is 10.1. The van der Waals surface area contributed by atoms with Crippen molar-refractivity contribution in [2.24, 2.45) is 0 Å². The van der Waals surface area contributed by atoms with Gasteiger partial charge in [-0.3, -0.25) is 4.79 Å². The van der Waals surface area contributed by atoms with Crippen LogP contribution in [0.15, 0.2) is 58.3 Å². The largest absolute Gasteiger partial charge is 0.444 e. The Hall–Kier alpha value is -3.79. The van der Waals surface area contributed by atoms with Crippen LogP contribution in [0.3, 0.4) is 0 Å². The van der Waals surface area contributed by atoms with E-state index in [2.05, 4.69) is 25.8 Å². The highest BCUT2D eigenvalue weighted by Gasteiger charge is 2.26. The second kappa shape index (κ2) is 11.1. The van der Waals surface area contributed by atoms with Crippen LogP contribution in [0.1, 0.15) is 49.4 Å². The Morgan fingerprint density at radius 2 is 1.81 bits per heavy atom. The van der Waals surface area contributed by atoms with Gasteiger partial charge in [0.1, 0.15) is 11.6 Å². The van der Waals surface area contributed by atoms with Gasteiger partial charge in [-0.1, -0.05) is 48.2 Å². The molecule has 10 heteroatoms. The molecule has 2 aromatic heterocycles. The second-order valence-corrected chi connectivity index (χ2v) is 10.7. The van der Waals surface area contributed by atoms with Crippen LogP contribution in [0.5, 0.6) is 0 Å². The third-order valence-corrected chi connectivity index (χ3v) is 6.40. The van der Waals surface area contributed by atoms with Crippen LogP contribution in [-0.4, -0.2) is 38.5 Å². The highest BCUT2D eigenvalue weighted by Crippen LogP contribution is 2.27. The summed E-state index contributed by atoms with van der Waals surface area (Å²) >= 11 is 1.13. The Labute approximate surface area is 219 Å². The standard InChI is InChI=1S/C27H31N5O4S/c1-16-9-8-10-17(2)23(16)30-22(33)15-37-26-32-31-24(35-26)21(29-25(34)36-27(3,4)5)13-18-14-28-20-12-7-6-11-19(18)20/h6-12,14,21,28H,13,15H2,1-5H3,(H,29,34)(H,30,33)/t21-/m0/s1. The summed E-state index contributed by atoms with van der Waals surface area (Å²) in [6, 6.07) is 13.1. The van der Waals surface area contributed by atoms with Gasteiger partial charge in [-0.25, -0.2) is 4.79 Å². The molecular formula is C27H31N5O4S. The molecule has 0 aliphatic rings. The van der Waals surface area contributed by atoms with Crippen molar-refractivity contribution >= 4 is 40.4 Å². The number of benzene rings is 2. The van der Waals surface area contributed by atoms with Crippen molar-refractivity contribution in [3.63, 3.8) is 0 Å². The van der Waals surface area contributed by atoms with Gasteiger partial charge in [-0.15, -0.1) is 10.2 Å². The number of carbonyl (C=O) groups is 2. The number of carbonyl (C=O) groups excluding carboxylic acids is 2. The Balaban J connectivity index is 1.47. The summed E-state index contributed by atoms with van der Waals surface area (Å²) < 4.78 is 11.3. The van der Waals surface area contributed by atoms with Gasteiger partial charge >= 0.3 is 6.09 Å². The number of ether oxygens (including phenoxy) is 1. The Morgan fingerprint density at radius 1 is 1.08 bits per heavy atom. The van der Waals surface area contributed by atoms with Crippen LogP contribution in [0, 0.1) is 13.8 Å². The van der Waals surface area contributed by atoms with E-state index in [4.69, 9.17) is 9.15 Å². The van der Waals surface area contributed by atoms with Gasteiger partial charge < -0.3 is 24.8 Å². The molecule has 0 unspecified atom stereocenters. The number of aryl methyl sites for hydroxylation is 2. The molecule has 0 bridgehead atoms. The molecule has 1 atom stereocenters. The quantitative estimate of drug-likeness (QED) is 0.254. The number of hydrogen-bond donors (Lipinski definition) is 3. The SMILES string of the molecule is Cc1cccc(C)c1NC(=O)CSc1nnc([C@H](Cc2c[nH]c3ccccc23)NC(=O)OC(C)(C)C)o1. The maximum Gasteiger partial charge on any atom is 0.408 e. The predicted octanol–water partition coefficient (Wildman–Crippen LogP) is 5.71. The average molecular weight is 522 g/mol. The van der Waals surface area contributed by atoms with E-state index in [9.17, 15) is 9.59 Å². The van der Waals surface area contributed by atoms with Crippen molar-refractivity contribution < 1.29 is 18.7 Å². The Kier molecular flexibility index (Phi) is 7.87. The number of aromatic nitrogens is 3. The van der Waals surface area contributed by atoms with E-state index < -0.39 is 17.7 Å². The number of para-hydroxylation sites is 2. The van der Waals surface area contributed by atoms with Crippen LogP contribution >= 0.6 is 11.8 Å². The van der Waals surface area contributed by atoms with Gasteiger partial charge in [0.2, 0.25) is 11.8 Å². The number of amides is 2. The van der Waals surface area contributed by atoms with Gasteiger partial charge in [0.05, 0.1) is 5.75 Å². The van der Waals surface area contributed by atoms with Crippen molar-refractivity contribution in [3.05, 3.63) is 71.2 Å². The van der Waals surface area contributed by atoms with E-state index in [1.165, 1.54) is 0 Å². The summed E-state index contributed by atoms with van der Waals surface area (Å²) in [7, 11) is 0. The van der Waals surface area contributed by atoms with E-state index in [1.54, 1.807) is 20.8 Å². The minimum atomic E-state index is -0.659. The summed E-state index contributed by atoms with van der Waals surface area (Å²) in [6.07, 6.45) is 1.72. The van der Waals surface area contributed by atoms with E-state index in [-0.39, 0.29) is 22.8 Å². The lowest BCUT2D eigenvalue weighted by molar-refractivity contribution is -0.113. The second-order valence-electron chi connectivity index (χ2n) is 9.77. The van der Waals surface area contributed by atoms with Gasteiger partial charge in [0.25, 0.3) is 5.22 Å². The van der Waals surface area contributed by atoms with Crippen molar-refractivity contribution in [2.75, 3.05) is 11.1 Å². The first-order valence-electron chi connectivity index (χ1n) is 12.0. The zero-order chi connectivity index (χ0) is 26.6. The molecule has 0 spiro atoms. The van der Waals surface area contributed by atoms with Crippen LogP contribution in [0.25, 0.3) is 10.9 Å². The fourth-order valence-electron chi connectivity index (χ4n) is 3.90. The molecule has 2 aromatic carbocycles. The molecule has 0 fully saturated rings. The molecule has 0 aliphatic heterocycles. The van der Waals surface area contributed by atoms with Crippen molar-refractivity contribution in [1.82, 2.24) is 20.5 Å². The minimum absolute atomic E-state index is 0.0992. The molecule has 4 rings (SSSR count). The molecule has 9 nitrogen and oxygen atoms in total. The summed E-state index contributed by atoms with van der Waals surface area (Å²) in [5, 5.41) is 15.3. The van der Waals surface area contributed by atoms with E-state index in [1.807, 2.05) is 62.5 Å². The Bertz CT molecular complexity index is 1390. The monoisotopic (exact) mass is 521 g/mol. The Morgan fingerprint density at radius 3 is 2.54 bits per heavy atom. The van der Waals surface area contributed by atoms with Crippen LogP contribution < -0.4 is 10.6 Å². The number of hydrogen-bond acceptors (Lipinski definition) is 7. The fraction of sp³-hybridized carbons (Fsp3) is 0.333. The first kappa shape index (κ1) is 26.3. The molecule has 194 valence electrons. The number of fused-ring (bicyclic) bond motifs is 1. The molecule has 0 radical (unpaired) electrons. The third-order valence-electron chi connectivity index (χ3n) is 5.58. The molecule has 0 saturated carbocycles. The van der Waals surface area contributed by atoms with Gasteiger partial charge in [-0.05, 0) is 57.4 Å². The molecule has 4 aromatic rings. The zero-order valence-electron chi connectivity index (χ0n) is 21.5. The summed E-state index contributed by atoms with van der Waals surface area (Å²) in [6.45, 7) is 9.29. The topological polar surface area (TPSA) is 122 Å². The maximum atomic E-state index is 12.6. The van der Waals surface area contributed by atoms with Gasteiger partial charge in [-0.2, -0.15) is 0 Å². The number of thioether (sulfide) groups is 1. The first-order valence-corrected chi connectivity index (χ1v) is 12.9. The average Bonchev–Trinajstić information content (AvgIpc) is 3.46. The van der Waals surface area contributed by atoms with Gasteiger partial charge in [0.15, 0.2) is 0 Å². The van der Waals surface area contributed by atoms with E-state index in [0.29, 0.717) is 6.42 Å². The maximum absolute atomic E-state index is 12.6. The summed E-state index contributed by atoms with van der Waals surface area (Å²) in [4.78, 5) is 28.4. The molecule has 2 heterocycles. The van der Waals surface area contributed by atoms with E-state index >= 15 is 0 Å². The number of rotatable bonds is 8. The van der Waals surface area contributed by atoms with Crippen molar-refractivity contribution in [1.29, 1.82) is 0 Å². The minimum Gasteiger partial charge on any atom is -0.444 e. The van der Waals surface area contributed by atoms with Crippen LogP contribution in [-0.2, 0) is 16.0 Å². The summed E-state index contributed by atoms with van der Waals surface area (Å²) in [5.41, 5.74) is 4.11. The molecule has 0 saturated heterocycles. The number of alkyl carbamates (subject to hydrolysis) is 1. The molecule has 2 amide bonds. The number of anilines is 1. The van der Waals surface area contributed by atoms with Crippen molar-refractivity contribution in [2.45, 2.75) is 57.9 Å². The lowest BCUT2D eigenvalue weighted by Gasteiger charge is -2.22. The number of nitrogens with zero attached hydrogens (tertiary/aromatic N) is 2. The zero-order valence-corrected chi connectivity index (χ0v) is 22.4. The van der Waals surface area contributed by atoms with Crippen LogP contribution in [0.4, 0.5) is 10.5 Å².